The highest BCUT2D eigenvalue weighted by Crippen LogP contribution is 2.26. The van der Waals surface area contributed by atoms with Crippen molar-refractivity contribution in [2.75, 3.05) is 0 Å². The van der Waals surface area contributed by atoms with Crippen LogP contribution in [-0.4, -0.2) is 17.1 Å². The molecule has 1 heterocycles. The largest absolute Gasteiger partial charge is 0.478 e. The second kappa shape index (κ2) is 6.05. The average Bonchev–Trinajstić information content (AvgIpc) is 2.86. The summed E-state index contributed by atoms with van der Waals surface area (Å²) in [4.78, 5) is 10.7. The molecule has 2 N–H and O–H groups in total. The normalized spacial score (nSPS) is 18.7. The molecule has 0 bridgehead atoms. The molecule has 1 aliphatic rings. The lowest BCUT2D eigenvalue weighted by molar-refractivity contribution is 0.0696. The van der Waals surface area contributed by atoms with Gasteiger partial charge in [0.1, 0.15) is 12.0 Å². The summed E-state index contributed by atoms with van der Waals surface area (Å²) >= 11 is 0. The van der Waals surface area contributed by atoms with Crippen molar-refractivity contribution in [3.8, 4) is 0 Å². The van der Waals surface area contributed by atoms with Crippen LogP contribution in [0.15, 0.2) is 16.7 Å². The van der Waals surface area contributed by atoms with Crippen molar-refractivity contribution in [1.82, 2.24) is 5.32 Å². The molecular formula is C14H21NO3. The lowest BCUT2D eigenvalue weighted by Gasteiger charge is -2.28. The molecule has 18 heavy (non-hydrogen) atoms. The average molecular weight is 251 g/mol. The second-order valence-electron chi connectivity index (χ2n) is 5.17. The van der Waals surface area contributed by atoms with E-state index >= 15 is 0 Å². The van der Waals surface area contributed by atoms with Crippen molar-refractivity contribution in [3.05, 3.63) is 23.7 Å². The Morgan fingerprint density at radius 3 is 2.83 bits per heavy atom. The predicted octanol–water partition coefficient (Wildman–Crippen LogP) is 3.04. The highest BCUT2D eigenvalue weighted by Gasteiger charge is 2.19. The van der Waals surface area contributed by atoms with E-state index in [1.165, 1.54) is 38.4 Å². The zero-order valence-corrected chi connectivity index (χ0v) is 10.8. The van der Waals surface area contributed by atoms with E-state index in [1.54, 1.807) is 6.07 Å². The molecule has 0 unspecified atom stereocenters. The maximum Gasteiger partial charge on any atom is 0.338 e. The predicted molar refractivity (Wildman–Crippen MR) is 68.5 cm³/mol. The lowest BCUT2D eigenvalue weighted by Crippen LogP contribution is -2.34. The van der Waals surface area contributed by atoms with Gasteiger partial charge in [-0.2, -0.15) is 0 Å². The number of nitrogens with one attached hydrogen (secondary N) is 1. The molecule has 2 rings (SSSR count). The van der Waals surface area contributed by atoms with Crippen molar-refractivity contribution < 1.29 is 14.3 Å². The molecule has 0 radical (unpaired) electrons. The van der Waals surface area contributed by atoms with Gasteiger partial charge < -0.3 is 14.8 Å². The summed E-state index contributed by atoms with van der Waals surface area (Å²) in [5.41, 5.74) is 0.220. The van der Waals surface area contributed by atoms with Gasteiger partial charge in [-0.25, -0.2) is 4.79 Å². The molecule has 0 aliphatic heterocycles. The topological polar surface area (TPSA) is 62.5 Å². The van der Waals surface area contributed by atoms with E-state index in [0.717, 1.165) is 5.92 Å². The van der Waals surface area contributed by atoms with E-state index in [0.29, 0.717) is 18.3 Å². The van der Waals surface area contributed by atoms with E-state index < -0.39 is 5.97 Å². The first-order valence-electron chi connectivity index (χ1n) is 6.71. The highest BCUT2D eigenvalue weighted by atomic mass is 16.4. The molecule has 1 aromatic rings. The smallest absolute Gasteiger partial charge is 0.338 e. The van der Waals surface area contributed by atoms with Crippen molar-refractivity contribution in [2.24, 2.45) is 5.92 Å². The van der Waals surface area contributed by atoms with Crippen molar-refractivity contribution in [3.63, 3.8) is 0 Å². The van der Waals surface area contributed by atoms with Gasteiger partial charge in [0.15, 0.2) is 0 Å². The molecule has 1 aromatic heterocycles. The maximum atomic E-state index is 10.7. The Hall–Kier alpha value is -1.29. The first kappa shape index (κ1) is 13.1. The van der Waals surface area contributed by atoms with Crippen LogP contribution < -0.4 is 5.32 Å². The quantitative estimate of drug-likeness (QED) is 0.844. The van der Waals surface area contributed by atoms with E-state index in [1.807, 2.05) is 0 Å². The Labute approximate surface area is 107 Å². The Morgan fingerprint density at radius 1 is 1.50 bits per heavy atom. The number of carboxylic acids is 1. The molecule has 0 amide bonds. The van der Waals surface area contributed by atoms with Crippen molar-refractivity contribution >= 4 is 5.97 Å². The van der Waals surface area contributed by atoms with Gasteiger partial charge in [0.2, 0.25) is 0 Å². The summed E-state index contributed by atoms with van der Waals surface area (Å²) in [6.45, 7) is 2.81. The molecule has 1 aliphatic carbocycles. The number of hydrogen-bond acceptors (Lipinski definition) is 3. The summed E-state index contributed by atoms with van der Waals surface area (Å²) in [6, 6.07) is 2.05. The number of carboxylic acid groups (broad SMARTS) is 1. The Bertz CT molecular complexity index is 393. The van der Waals surface area contributed by atoms with Crippen LogP contribution in [0.2, 0.25) is 0 Å². The lowest BCUT2D eigenvalue weighted by atomic mass is 9.84. The van der Waals surface area contributed by atoms with Gasteiger partial charge in [0.25, 0.3) is 0 Å². The van der Waals surface area contributed by atoms with Gasteiger partial charge in [-0.05, 0) is 31.7 Å². The van der Waals surface area contributed by atoms with Crippen LogP contribution in [0.1, 0.15) is 55.1 Å². The standard InChI is InChI=1S/C14H21NO3/c1-10(11-5-3-2-4-6-11)15-8-13-7-12(9-18-13)14(16)17/h7,9-11,15H,2-6,8H2,1H3,(H,16,17)/t10-/m1/s1. The monoisotopic (exact) mass is 251 g/mol. The molecule has 0 spiro atoms. The summed E-state index contributed by atoms with van der Waals surface area (Å²) < 4.78 is 5.22. The van der Waals surface area contributed by atoms with E-state index in [-0.39, 0.29) is 5.56 Å². The van der Waals surface area contributed by atoms with Gasteiger partial charge in [-0.1, -0.05) is 19.3 Å². The minimum atomic E-state index is -0.940. The van der Waals surface area contributed by atoms with Crippen molar-refractivity contribution in [1.29, 1.82) is 0 Å². The fourth-order valence-electron chi connectivity index (χ4n) is 2.65. The van der Waals surface area contributed by atoms with Crippen LogP contribution in [-0.2, 0) is 6.54 Å². The Balaban J connectivity index is 1.80. The van der Waals surface area contributed by atoms with Crippen LogP contribution >= 0.6 is 0 Å². The third-order valence-corrected chi connectivity index (χ3v) is 3.86. The molecule has 0 aromatic carbocycles. The zero-order chi connectivity index (χ0) is 13.0. The van der Waals surface area contributed by atoms with E-state index in [2.05, 4.69) is 12.2 Å². The summed E-state index contributed by atoms with van der Waals surface area (Å²) in [5.74, 6) is 0.494. The van der Waals surface area contributed by atoms with Gasteiger partial charge in [-0.3, -0.25) is 0 Å². The summed E-state index contributed by atoms with van der Waals surface area (Å²) in [7, 11) is 0. The summed E-state index contributed by atoms with van der Waals surface area (Å²) in [6.07, 6.45) is 7.93. The molecule has 1 atom stereocenters. The first-order chi connectivity index (χ1) is 8.66. The van der Waals surface area contributed by atoms with E-state index in [4.69, 9.17) is 9.52 Å². The molecule has 1 saturated carbocycles. The van der Waals surface area contributed by atoms with Crippen LogP contribution in [0, 0.1) is 5.92 Å². The van der Waals surface area contributed by atoms with Gasteiger partial charge >= 0.3 is 5.97 Å². The number of hydrogen-bond donors (Lipinski definition) is 2. The maximum absolute atomic E-state index is 10.7. The van der Waals surface area contributed by atoms with E-state index in [9.17, 15) is 4.79 Å². The van der Waals surface area contributed by atoms with Crippen LogP contribution in [0.5, 0.6) is 0 Å². The fraction of sp³-hybridized carbons (Fsp3) is 0.643. The number of rotatable bonds is 5. The van der Waals surface area contributed by atoms with Gasteiger partial charge in [0, 0.05) is 6.04 Å². The number of aromatic carboxylic acids is 1. The SMILES string of the molecule is C[C@@H](NCc1cc(C(=O)O)co1)C1CCCCC1. The minimum absolute atomic E-state index is 0.220. The Kier molecular flexibility index (Phi) is 4.42. The molecule has 0 saturated heterocycles. The molecule has 4 nitrogen and oxygen atoms in total. The minimum Gasteiger partial charge on any atom is -0.478 e. The molecule has 4 heteroatoms. The van der Waals surface area contributed by atoms with Gasteiger partial charge in [-0.15, -0.1) is 0 Å². The van der Waals surface area contributed by atoms with Gasteiger partial charge in [0.05, 0.1) is 12.1 Å². The second-order valence-corrected chi connectivity index (χ2v) is 5.17. The number of furan rings is 1. The highest BCUT2D eigenvalue weighted by molar-refractivity contribution is 5.87. The van der Waals surface area contributed by atoms with Crippen molar-refractivity contribution in [2.45, 2.75) is 51.6 Å². The van der Waals surface area contributed by atoms with Crippen LogP contribution in [0.4, 0.5) is 0 Å². The first-order valence-corrected chi connectivity index (χ1v) is 6.71. The Morgan fingerprint density at radius 2 is 2.22 bits per heavy atom. The molecule has 100 valence electrons. The summed E-state index contributed by atoms with van der Waals surface area (Å²) in [5, 5.41) is 12.2. The van der Waals surface area contributed by atoms with Crippen LogP contribution in [0.25, 0.3) is 0 Å². The zero-order valence-electron chi connectivity index (χ0n) is 10.8. The number of carbonyl (C=O) groups is 1. The fourth-order valence-corrected chi connectivity index (χ4v) is 2.65. The molecular weight excluding hydrogens is 230 g/mol. The third kappa shape index (κ3) is 3.35. The molecule has 1 fully saturated rings. The third-order valence-electron chi connectivity index (χ3n) is 3.86. The van der Waals surface area contributed by atoms with Crippen LogP contribution in [0.3, 0.4) is 0 Å².